The number of hydrogen-bond donors (Lipinski definition) is 1. The monoisotopic (exact) mass is 275 g/mol. The van der Waals surface area contributed by atoms with Gasteiger partial charge in [0.1, 0.15) is 0 Å². The molecular formula is C17H25NO2. The SMILES string of the molecule is CC1CCC(C)C(N(CCC(=O)O)c2ccccc2)C1. The summed E-state index contributed by atoms with van der Waals surface area (Å²) in [6.45, 7) is 5.20. The van der Waals surface area contributed by atoms with Gasteiger partial charge in [-0.3, -0.25) is 4.79 Å². The molecule has 1 aliphatic rings. The van der Waals surface area contributed by atoms with Crippen molar-refractivity contribution in [3.05, 3.63) is 30.3 Å². The van der Waals surface area contributed by atoms with Gasteiger partial charge in [0.05, 0.1) is 6.42 Å². The second-order valence-corrected chi connectivity index (χ2v) is 6.14. The quantitative estimate of drug-likeness (QED) is 0.888. The zero-order valence-corrected chi connectivity index (χ0v) is 12.5. The predicted octanol–water partition coefficient (Wildman–Crippen LogP) is 3.79. The van der Waals surface area contributed by atoms with Crippen molar-refractivity contribution in [1.29, 1.82) is 0 Å². The molecule has 20 heavy (non-hydrogen) atoms. The number of rotatable bonds is 5. The van der Waals surface area contributed by atoms with Gasteiger partial charge in [-0.15, -0.1) is 0 Å². The molecule has 110 valence electrons. The van der Waals surface area contributed by atoms with Gasteiger partial charge in [0.15, 0.2) is 0 Å². The third-order valence-corrected chi connectivity index (χ3v) is 4.47. The van der Waals surface area contributed by atoms with Gasteiger partial charge in [-0.2, -0.15) is 0 Å². The molecule has 0 heterocycles. The first-order valence-corrected chi connectivity index (χ1v) is 7.61. The molecule has 1 aromatic carbocycles. The molecule has 1 fully saturated rings. The molecule has 0 aliphatic heterocycles. The number of para-hydroxylation sites is 1. The van der Waals surface area contributed by atoms with Gasteiger partial charge in [0.25, 0.3) is 0 Å². The van der Waals surface area contributed by atoms with E-state index < -0.39 is 5.97 Å². The topological polar surface area (TPSA) is 40.5 Å². The summed E-state index contributed by atoms with van der Waals surface area (Å²) in [6.07, 6.45) is 3.89. The van der Waals surface area contributed by atoms with Crippen LogP contribution in [0.5, 0.6) is 0 Å². The highest BCUT2D eigenvalue weighted by atomic mass is 16.4. The first-order chi connectivity index (χ1) is 9.58. The highest BCUT2D eigenvalue weighted by Crippen LogP contribution is 2.34. The first kappa shape index (κ1) is 14.9. The third kappa shape index (κ3) is 3.75. The van der Waals surface area contributed by atoms with Crippen molar-refractivity contribution in [3.8, 4) is 0 Å². The average Bonchev–Trinajstić information content (AvgIpc) is 2.43. The molecule has 0 bridgehead atoms. The van der Waals surface area contributed by atoms with E-state index in [9.17, 15) is 4.79 Å². The zero-order valence-electron chi connectivity index (χ0n) is 12.5. The van der Waals surface area contributed by atoms with E-state index in [1.807, 2.05) is 18.2 Å². The fourth-order valence-corrected chi connectivity index (χ4v) is 3.26. The Hall–Kier alpha value is -1.51. The number of carboxylic acids is 1. The Morgan fingerprint density at radius 3 is 2.60 bits per heavy atom. The summed E-state index contributed by atoms with van der Waals surface area (Å²) in [5.74, 6) is 0.634. The standard InChI is InChI=1S/C17H25NO2/c1-13-8-9-14(2)16(12-13)18(11-10-17(19)20)15-6-4-3-5-7-15/h3-7,13-14,16H,8-12H2,1-2H3,(H,19,20). The molecule has 1 saturated carbocycles. The molecule has 1 aliphatic carbocycles. The second-order valence-electron chi connectivity index (χ2n) is 6.14. The van der Waals surface area contributed by atoms with Gasteiger partial charge in [0, 0.05) is 18.3 Å². The van der Waals surface area contributed by atoms with Gasteiger partial charge in [0.2, 0.25) is 0 Å². The largest absolute Gasteiger partial charge is 0.481 e. The average molecular weight is 275 g/mol. The Morgan fingerprint density at radius 2 is 1.95 bits per heavy atom. The number of hydrogen-bond acceptors (Lipinski definition) is 2. The van der Waals surface area contributed by atoms with Crippen LogP contribution in [-0.2, 0) is 4.79 Å². The molecule has 2 rings (SSSR count). The summed E-state index contributed by atoms with van der Waals surface area (Å²) in [5, 5.41) is 9.00. The number of benzene rings is 1. The van der Waals surface area contributed by atoms with Crippen molar-refractivity contribution in [2.24, 2.45) is 11.8 Å². The fraction of sp³-hybridized carbons (Fsp3) is 0.588. The van der Waals surface area contributed by atoms with Gasteiger partial charge < -0.3 is 10.0 Å². The zero-order chi connectivity index (χ0) is 14.5. The second kappa shape index (κ2) is 6.78. The lowest BCUT2D eigenvalue weighted by molar-refractivity contribution is -0.136. The highest BCUT2D eigenvalue weighted by Gasteiger charge is 2.30. The predicted molar refractivity (Wildman–Crippen MR) is 82.0 cm³/mol. The van der Waals surface area contributed by atoms with Gasteiger partial charge in [-0.05, 0) is 36.8 Å². The maximum Gasteiger partial charge on any atom is 0.305 e. The number of aliphatic carboxylic acids is 1. The maximum atomic E-state index is 10.9. The summed E-state index contributed by atoms with van der Waals surface area (Å²) in [6, 6.07) is 10.7. The minimum absolute atomic E-state index is 0.201. The van der Waals surface area contributed by atoms with Crippen molar-refractivity contribution >= 4 is 11.7 Å². The van der Waals surface area contributed by atoms with Crippen molar-refractivity contribution in [3.63, 3.8) is 0 Å². The van der Waals surface area contributed by atoms with Crippen LogP contribution < -0.4 is 4.90 Å². The van der Waals surface area contributed by atoms with Crippen LogP contribution in [0.25, 0.3) is 0 Å². The summed E-state index contributed by atoms with van der Waals surface area (Å²) < 4.78 is 0. The lowest BCUT2D eigenvalue weighted by Crippen LogP contribution is -2.44. The lowest BCUT2D eigenvalue weighted by Gasteiger charge is -2.42. The van der Waals surface area contributed by atoms with Crippen LogP contribution in [-0.4, -0.2) is 23.7 Å². The van der Waals surface area contributed by atoms with E-state index in [1.165, 1.54) is 12.8 Å². The van der Waals surface area contributed by atoms with E-state index in [-0.39, 0.29) is 6.42 Å². The molecule has 0 radical (unpaired) electrons. The van der Waals surface area contributed by atoms with Gasteiger partial charge in [-0.25, -0.2) is 0 Å². The fourth-order valence-electron chi connectivity index (χ4n) is 3.26. The van der Waals surface area contributed by atoms with E-state index in [1.54, 1.807) is 0 Å². The number of nitrogens with zero attached hydrogens (tertiary/aromatic N) is 1. The molecule has 1 aromatic rings. The van der Waals surface area contributed by atoms with E-state index in [2.05, 4.69) is 30.9 Å². The Labute approximate surface area is 121 Å². The van der Waals surface area contributed by atoms with Crippen LogP contribution in [0.15, 0.2) is 30.3 Å². The van der Waals surface area contributed by atoms with Crippen molar-refractivity contribution in [2.45, 2.75) is 45.6 Å². The Morgan fingerprint density at radius 1 is 1.25 bits per heavy atom. The van der Waals surface area contributed by atoms with Crippen LogP contribution in [0.2, 0.25) is 0 Å². The van der Waals surface area contributed by atoms with Gasteiger partial charge in [-0.1, -0.05) is 38.5 Å². The summed E-state index contributed by atoms with van der Waals surface area (Å²) in [5.41, 5.74) is 1.15. The molecule has 1 N–H and O–H groups in total. The van der Waals surface area contributed by atoms with Crippen LogP contribution in [0.1, 0.15) is 39.5 Å². The minimum atomic E-state index is -0.720. The smallest absolute Gasteiger partial charge is 0.305 e. The van der Waals surface area contributed by atoms with Crippen LogP contribution in [0.4, 0.5) is 5.69 Å². The molecule has 0 amide bonds. The van der Waals surface area contributed by atoms with Crippen molar-refractivity contribution < 1.29 is 9.90 Å². The first-order valence-electron chi connectivity index (χ1n) is 7.61. The summed E-state index contributed by atoms with van der Waals surface area (Å²) in [4.78, 5) is 13.3. The van der Waals surface area contributed by atoms with E-state index >= 15 is 0 Å². The van der Waals surface area contributed by atoms with E-state index in [0.29, 0.717) is 18.5 Å². The molecule has 3 heteroatoms. The van der Waals surface area contributed by atoms with Crippen molar-refractivity contribution in [2.75, 3.05) is 11.4 Å². The van der Waals surface area contributed by atoms with Crippen LogP contribution in [0, 0.1) is 11.8 Å². The Balaban J connectivity index is 2.18. The third-order valence-electron chi connectivity index (χ3n) is 4.47. The molecule has 3 atom stereocenters. The molecular weight excluding hydrogens is 250 g/mol. The van der Waals surface area contributed by atoms with Gasteiger partial charge >= 0.3 is 5.97 Å². The summed E-state index contributed by atoms with van der Waals surface area (Å²) in [7, 11) is 0. The molecule has 0 aromatic heterocycles. The molecule has 0 spiro atoms. The van der Waals surface area contributed by atoms with Crippen LogP contribution in [0.3, 0.4) is 0 Å². The Bertz CT molecular complexity index is 432. The highest BCUT2D eigenvalue weighted by molar-refractivity contribution is 5.67. The minimum Gasteiger partial charge on any atom is -0.481 e. The molecule has 0 saturated heterocycles. The van der Waals surface area contributed by atoms with Crippen molar-refractivity contribution in [1.82, 2.24) is 0 Å². The Kier molecular flexibility index (Phi) is 5.05. The molecule has 3 unspecified atom stereocenters. The normalized spacial score (nSPS) is 26.2. The van der Waals surface area contributed by atoms with E-state index in [0.717, 1.165) is 18.0 Å². The lowest BCUT2D eigenvalue weighted by atomic mass is 9.79. The summed E-state index contributed by atoms with van der Waals surface area (Å²) >= 11 is 0. The number of carbonyl (C=O) groups is 1. The van der Waals surface area contributed by atoms with E-state index in [4.69, 9.17) is 5.11 Å². The molecule has 3 nitrogen and oxygen atoms in total. The number of anilines is 1. The van der Waals surface area contributed by atoms with Crippen LogP contribution >= 0.6 is 0 Å². The number of carboxylic acid groups (broad SMARTS) is 1. The maximum absolute atomic E-state index is 10.9.